The number of aromatic nitrogens is 2. The number of hydrogen-bond donors (Lipinski definition) is 0. The molecule has 0 spiro atoms. The van der Waals surface area contributed by atoms with Crippen molar-refractivity contribution in [3.63, 3.8) is 0 Å². The van der Waals surface area contributed by atoms with Crippen molar-refractivity contribution >= 4 is 5.97 Å². The van der Waals surface area contributed by atoms with Crippen LogP contribution in [0.15, 0.2) is 24.5 Å². The first-order valence-electron chi connectivity index (χ1n) is 6.02. The molecular weight excluding hydrogens is 216 g/mol. The molecule has 0 aliphatic heterocycles. The van der Waals surface area contributed by atoms with Crippen molar-refractivity contribution in [1.29, 1.82) is 0 Å². The van der Waals surface area contributed by atoms with E-state index in [0.29, 0.717) is 12.5 Å². The van der Waals surface area contributed by atoms with Gasteiger partial charge in [-0.15, -0.1) is 0 Å². The average Bonchev–Trinajstić information content (AvgIpc) is 3.01. The molecule has 2 unspecified atom stereocenters. The van der Waals surface area contributed by atoms with Crippen LogP contribution in [0.2, 0.25) is 0 Å². The van der Waals surface area contributed by atoms with Gasteiger partial charge in [0.1, 0.15) is 6.61 Å². The first-order chi connectivity index (χ1) is 8.22. The summed E-state index contributed by atoms with van der Waals surface area (Å²) in [6.07, 6.45) is 9.54. The summed E-state index contributed by atoms with van der Waals surface area (Å²) >= 11 is 0. The molecule has 1 heterocycles. The van der Waals surface area contributed by atoms with Gasteiger partial charge in [0.25, 0.3) is 0 Å². The normalized spacial score (nSPS) is 22.9. The van der Waals surface area contributed by atoms with Crippen molar-refractivity contribution in [2.24, 2.45) is 13.0 Å². The van der Waals surface area contributed by atoms with Crippen LogP contribution in [0.1, 0.15) is 31.2 Å². The summed E-state index contributed by atoms with van der Waals surface area (Å²) in [5, 5.41) is 4.11. The molecule has 1 aliphatic carbocycles. The summed E-state index contributed by atoms with van der Waals surface area (Å²) in [7, 11) is 1.88. The molecule has 92 valence electrons. The van der Waals surface area contributed by atoms with Crippen LogP contribution in [0.4, 0.5) is 0 Å². The van der Waals surface area contributed by atoms with E-state index < -0.39 is 0 Å². The number of carbonyl (C=O) groups excluding carboxylic acids is 1. The van der Waals surface area contributed by atoms with Crippen molar-refractivity contribution in [2.75, 3.05) is 6.61 Å². The van der Waals surface area contributed by atoms with Gasteiger partial charge in [0.05, 0.1) is 12.1 Å². The molecule has 17 heavy (non-hydrogen) atoms. The maximum Gasteiger partial charge on any atom is 0.309 e. The fraction of sp³-hybridized carbons (Fsp3) is 0.538. The Balaban J connectivity index is 1.78. The van der Waals surface area contributed by atoms with Gasteiger partial charge in [-0.25, -0.2) is 0 Å². The number of hydrogen-bond acceptors (Lipinski definition) is 3. The number of esters is 1. The third-order valence-electron chi connectivity index (χ3n) is 2.97. The number of allylic oxidation sites excluding steroid dienone is 1. The highest BCUT2D eigenvalue weighted by molar-refractivity contribution is 5.77. The lowest BCUT2D eigenvalue weighted by Crippen LogP contribution is -2.07. The molecule has 2 rings (SSSR count). The van der Waals surface area contributed by atoms with Crippen LogP contribution in [0, 0.1) is 5.92 Å². The van der Waals surface area contributed by atoms with Gasteiger partial charge in [-0.2, -0.15) is 5.10 Å². The van der Waals surface area contributed by atoms with Gasteiger partial charge >= 0.3 is 5.97 Å². The van der Waals surface area contributed by atoms with E-state index in [4.69, 9.17) is 4.74 Å². The van der Waals surface area contributed by atoms with Crippen molar-refractivity contribution in [1.82, 2.24) is 9.78 Å². The van der Waals surface area contributed by atoms with E-state index in [0.717, 1.165) is 18.4 Å². The van der Waals surface area contributed by atoms with E-state index in [2.05, 4.69) is 12.0 Å². The first kappa shape index (κ1) is 11.9. The highest BCUT2D eigenvalue weighted by atomic mass is 16.5. The largest absolute Gasteiger partial charge is 0.461 e. The van der Waals surface area contributed by atoms with Crippen LogP contribution in [-0.4, -0.2) is 22.4 Å². The van der Waals surface area contributed by atoms with Crippen molar-refractivity contribution in [2.45, 2.75) is 25.7 Å². The first-order valence-corrected chi connectivity index (χ1v) is 6.02. The zero-order valence-corrected chi connectivity index (χ0v) is 10.3. The van der Waals surface area contributed by atoms with Gasteiger partial charge in [-0.3, -0.25) is 9.48 Å². The van der Waals surface area contributed by atoms with Gasteiger partial charge in [0.2, 0.25) is 0 Å². The Bertz CT molecular complexity index is 423. The second-order valence-electron chi connectivity index (χ2n) is 4.41. The highest BCUT2D eigenvalue weighted by Crippen LogP contribution is 2.47. The fourth-order valence-electron chi connectivity index (χ4n) is 1.93. The predicted octanol–water partition coefficient (Wildman–Crippen LogP) is 2.03. The van der Waals surface area contributed by atoms with Gasteiger partial charge in [0, 0.05) is 19.2 Å². The Kier molecular flexibility index (Phi) is 3.61. The predicted molar refractivity (Wildman–Crippen MR) is 64.4 cm³/mol. The lowest BCUT2D eigenvalue weighted by atomic mass is 10.2. The van der Waals surface area contributed by atoms with E-state index in [9.17, 15) is 4.79 Å². The van der Waals surface area contributed by atoms with Gasteiger partial charge in [-0.1, -0.05) is 19.1 Å². The summed E-state index contributed by atoms with van der Waals surface area (Å²) in [5.41, 5.74) is 1.14. The second kappa shape index (κ2) is 5.17. The Morgan fingerprint density at radius 1 is 1.65 bits per heavy atom. The lowest BCUT2D eigenvalue weighted by Gasteiger charge is -2.00. The molecule has 1 saturated carbocycles. The minimum absolute atomic E-state index is 0.0363. The van der Waals surface area contributed by atoms with Crippen molar-refractivity contribution < 1.29 is 9.53 Å². The smallest absolute Gasteiger partial charge is 0.309 e. The summed E-state index contributed by atoms with van der Waals surface area (Å²) in [5.74, 6) is 0.264. The fourth-order valence-corrected chi connectivity index (χ4v) is 1.93. The van der Waals surface area contributed by atoms with Crippen molar-refractivity contribution in [3.8, 4) is 0 Å². The van der Waals surface area contributed by atoms with E-state index in [-0.39, 0.29) is 11.9 Å². The molecule has 0 bridgehead atoms. The lowest BCUT2D eigenvalue weighted by molar-refractivity contribution is -0.144. The van der Waals surface area contributed by atoms with E-state index in [1.807, 2.05) is 31.6 Å². The summed E-state index contributed by atoms with van der Waals surface area (Å²) in [6.45, 7) is 2.45. The van der Waals surface area contributed by atoms with Crippen LogP contribution in [0.25, 0.3) is 0 Å². The maximum atomic E-state index is 11.7. The highest BCUT2D eigenvalue weighted by Gasteiger charge is 2.45. The zero-order chi connectivity index (χ0) is 12.3. The minimum atomic E-state index is -0.0837. The molecule has 4 heteroatoms. The van der Waals surface area contributed by atoms with Crippen LogP contribution in [0.3, 0.4) is 0 Å². The third-order valence-corrected chi connectivity index (χ3v) is 2.97. The number of rotatable bonds is 5. The van der Waals surface area contributed by atoms with Gasteiger partial charge in [-0.05, 0) is 18.4 Å². The third kappa shape index (κ3) is 2.96. The molecule has 0 saturated heterocycles. The summed E-state index contributed by atoms with van der Waals surface area (Å²) in [4.78, 5) is 11.7. The number of aryl methyl sites for hydroxylation is 1. The molecule has 1 aromatic heterocycles. The molecule has 1 fully saturated rings. The summed E-state index contributed by atoms with van der Waals surface area (Å²) in [6, 6.07) is 0. The van der Waals surface area contributed by atoms with Crippen LogP contribution in [-0.2, 0) is 16.6 Å². The molecule has 1 aromatic rings. The Morgan fingerprint density at radius 2 is 2.47 bits per heavy atom. The molecule has 4 nitrogen and oxygen atoms in total. The van der Waals surface area contributed by atoms with E-state index >= 15 is 0 Å². The molecule has 0 aromatic carbocycles. The molecule has 0 N–H and O–H groups in total. The van der Waals surface area contributed by atoms with Crippen LogP contribution in [0.5, 0.6) is 0 Å². The number of nitrogens with zero attached hydrogens (tertiary/aromatic N) is 2. The van der Waals surface area contributed by atoms with Crippen LogP contribution < -0.4 is 0 Å². The average molecular weight is 234 g/mol. The number of ether oxygens (including phenoxy) is 1. The molecule has 2 atom stereocenters. The Hall–Kier alpha value is -1.58. The Labute approximate surface area is 101 Å². The topological polar surface area (TPSA) is 44.1 Å². The van der Waals surface area contributed by atoms with E-state index in [1.165, 1.54) is 0 Å². The number of carbonyl (C=O) groups is 1. The molecular formula is C13H18N2O2. The van der Waals surface area contributed by atoms with Crippen LogP contribution >= 0.6 is 0 Å². The quantitative estimate of drug-likeness (QED) is 0.578. The van der Waals surface area contributed by atoms with Gasteiger partial charge in [0.15, 0.2) is 0 Å². The molecule has 0 amide bonds. The maximum absolute atomic E-state index is 11.7. The zero-order valence-electron chi connectivity index (χ0n) is 10.3. The monoisotopic (exact) mass is 234 g/mol. The molecule has 0 radical (unpaired) electrons. The Morgan fingerprint density at radius 3 is 3.12 bits per heavy atom. The SMILES string of the molecule is CC/C=C/COC(=O)C1CC1c1cnn(C)c1. The second-order valence-corrected chi connectivity index (χ2v) is 4.41. The summed E-state index contributed by atoms with van der Waals surface area (Å²) < 4.78 is 6.94. The standard InChI is InChI=1S/C13H18N2O2/c1-3-4-5-6-17-13(16)12-7-11(12)10-8-14-15(2)9-10/h4-5,8-9,11-12H,3,6-7H2,1-2H3/b5-4+. The molecule has 1 aliphatic rings. The van der Waals surface area contributed by atoms with Crippen molar-refractivity contribution in [3.05, 3.63) is 30.1 Å². The van der Waals surface area contributed by atoms with Gasteiger partial charge < -0.3 is 4.74 Å². The van der Waals surface area contributed by atoms with E-state index in [1.54, 1.807) is 4.68 Å². The minimum Gasteiger partial charge on any atom is -0.461 e.